The number of alkyl halides is 2. The summed E-state index contributed by atoms with van der Waals surface area (Å²) in [6, 6.07) is 3.89. The van der Waals surface area contributed by atoms with Gasteiger partial charge in [-0.1, -0.05) is 0 Å². The lowest BCUT2D eigenvalue weighted by atomic mass is 10.3. The summed E-state index contributed by atoms with van der Waals surface area (Å²) in [6.45, 7) is -0.0175. The molecule has 0 radical (unpaired) electrons. The Labute approximate surface area is 110 Å². The minimum atomic E-state index is -3.55. The summed E-state index contributed by atoms with van der Waals surface area (Å²) in [7, 11) is -2.25. The molecule has 0 amide bonds. The smallest absolute Gasteiger partial charge is 0.387 e. The zero-order chi connectivity index (χ0) is 14.6. The van der Waals surface area contributed by atoms with Crippen LogP contribution in [0.25, 0.3) is 0 Å². The van der Waals surface area contributed by atoms with Gasteiger partial charge in [-0.25, -0.2) is 8.42 Å². The van der Waals surface area contributed by atoms with Gasteiger partial charge in [0.25, 0.3) is 0 Å². The van der Waals surface area contributed by atoms with Crippen LogP contribution in [0.15, 0.2) is 18.2 Å². The van der Waals surface area contributed by atoms with Crippen molar-refractivity contribution in [1.82, 2.24) is 0 Å². The molecule has 8 heteroatoms. The van der Waals surface area contributed by atoms with Crippen molar-refractivity contribution in [1.29, 1.82) is 0 Å². The van der Waals surface area contributed by atoms with E-state index in [9.17, 15) is 17.2 Å². The fourth-order valence-electron chi connectivity index (χ4n) is 1.21. The van der Waals surface area contributed by atoms with Crippen LogP contribution in [0.5, 0.6) is 11.5 Å². The van der Waals surface area contributed by atoms with E-state index in [1.807, 2.05) is 0 Å². The number of hydrogen-bond donors (Lipinski definition) is 1. The predicted octanol–water partition coefficient (Wildman–Crippen LogP) is 2.45. The molecule has 1 aromatic carbocycles. The van der Waals surface area contributed by atoms with Crippen LogP contribution in [0.1, 0.15) is 13.8 Å². The van der Waals surface area contributed by atoms with Crippen molar-refractivity contribution in [3.63, 3.8) is 0 Å². The van der Waals surface area contributed by atoms with Crippen LogP contribution in [0.4, 0.5) is 14.5 Å². The largest absolute Gasteiger partial charge is 0.493 e. The van der Waals surface area contributed by atoms with Crippen molar-refractivity contribution in [2.45, 2.75) is 25.7 Å². The third-order valence-corrected chi connectivity index (χ3v) is 4.02. The molecule has 0 aliphatic heterocycles. The Hall–Kier alpha value is -1.57. The van der Waals surface area contributed by atoms with E-state index in [1.54, 1.807) is 0 Å². The Kier molecular flexibility index (Phi) is 4.93. The van der Waals surface area contributed by atoms with Crippen molar-refractivity contribution >= 4 is 15.7 Å². The van der Waals surface area contributed by atoms with Gasteiger partial charge in [0.15, 0.2) is 11.5 Å². The molecule has 0 heterocycles. The zero-order valence-corrected chi connectivity index (χ0v) is 11.5. The minimum absolute atomic E-state index is 0.0906. The molecule has 19 heavy (non-hydrogen) atoms. The number of ether oxygens (including phenoxy) is 2. The molecule has 0 saturated heterocycles. The number of methoxy groups -OCH3 is 1. The summed E-state index contributed by atoms with van der Waals surface area (Å²) in [5, 5.41) is -0.644. The van der Waals surface area contributed by atoms with Crippen LogP contribution < -0.4 is 14.2 Å². The molecule has 0 unspecified atom stereocenters. The number of sulfonamides is 1. The Bertz CT molecular complexity index is 531. The van der Waals surface area contributed by atoms with E-state index in [1.165, 1.54) is 33.1 Å². The van der Waals surface area contributed by atoms with Crippen LogP contribution in [0.2, 0.25) is 0 Å². The van der Waals surface area contributed by atoms with Gasteiger partial charge in [0.2, 0.25) is 10.0 Å². The summed E-state index contributed by atoms with van der Waals surface area (Å²) >= 11 is 0. The maximum absolute atomic E-state index is 12.2. The lowest BCUT2D eigenvalue weighted by molar-refractivity contribution is -0.0511. The van der Waals surface area contributed by atoms with Crippen molar-refractivity contribution in [2.24, 2.45) is 0 Å². The first kappa shape index (κ1) is 15.5. The van der Waals surface area contributed by atoms with Gasteiger partial charge in [0.05, 0.1) is 18.0 Å². The average Bonchev–Trinajstić information content (AvgIpc) is 2.27. The van der Waals surface area contributed by atoms with Gasteiger partial charge in [-0.05, 0) is 26.0 Å². The number of anilines is 1. The molecule has 0 spiro atoms. The molecule has 5 nitrogen and oxygen atoms in total. The number of halogens is 2. The van der Waals surface area contributed by atoms with E-state index in [4.69, 9.17) is 4.74 Å². The Morgan fingerprint density at radius 2 is 1.84 bits per heavy atom. The second-order valence-electron chi connectivity index (χ2n) is 3.94. The van der Waals surface area contributed by atoms with E-state index < -0.39 is 21.9 Å². The van der Waals surface area contributed by atoms with Crippen LogP contribution in [-0.4, -0.2) is 27.4 Å². The maximum atomic E-state index is 12.2. The summed E-state index contributed by atoms with van der Waals surface area (Å²) in [6.07, 6.45) is 0. The molecule has 0 fully saturated rings. The van der Waals surface area contributed by atoms with Crippen molar-refractivity contribution < 1.29 is 26.7 Å². The highest BCUT2D eigenvalue weighted by atomic mass is 32.2. The highest BCUT2D eigenvalue weighted by Crippen LogP contribution is 2.31. The molecule has 0 bridgehead atoms. The zero-order valence-electron chi connectivity index (χ0n) is 10.7. The van der Waals surface area contributed by atoms with E-state index in [-0.39, 0.29) is 17.2 Å². The molecule has 1 rings (SSSR count). The Morgan fingerprint density at radius 3 is 2.32 bits per heavy atom. The first-order valence-corrected chi connectivity index (χ1v) is 6.95. The van der Waals surface area contributed by atoms with Gasteiger partial charge in [-0.15, -0.1) is 0 Å². The Balaban J connectivity index is 3.05. The third kappa shape index (κ3) is 4.23. The molecule has 1 aromatic rings. The van der Waals surface area contributed by atoms with Gasteiger partial charge in [0, 0.05) is 6.07 Å². The second kappa shape index (κ2) is 6.05. The van der Waals surface area contributed by atoms with E-state index in [0.717, 1.165) is 6.07 Å². The SMILES string of the molecule is COc1ccc(NS(=O)(=O)C(C)C)cc1OC(F)F. The average molecular weight is 295 g/mol. The fraction of sp³-hybridized carbons (Fsp3) is 0.455. The van der Waals surface area contributed by atoms with Crippen LogP contribution in [0, 0.1) is 0 Å². The second-order valence-corrected chi connectivity index (χ2v) is 6.18. The normalized spacial score (nSPS) is 11.7. The van der Waals surface area contributed by atoms with Crippen molar-refractivity contribution in [3.8, 4) is 11.5 Å². The summed E-state index contributed by atoms with van der Waals surface area (Å²) < 4.78 is 59.1. The monoisotopic (exact) mass is 295 g/mol. The van der Waals surface area contributed by atoms with E-state index in [2.05, 4.69) is 9.46 Å². The number of rotatable bonds is 6. The number of hydrogen-bond acceptors (Lipinski definition) is 4. The molecule has 0 aromatic heterocycles. The highest BCUT2D eigenvalue weighted by Gasteiger charge is 2.17. The topological polar surface area (TPSA) is 64.6 Å². The predicted molar refractivity (Wildman–Crippen MR) is 67.3 cm³/mol. The summed E-state index contributed by atoms with van der Waals surface area (Å²) in [5.41, 5.74) is 0.130. The van der Waals surface area contributed by atoms with Crippen molar-refractivity contribution in [3.05, 3.63) is 18.2 Å². The standard InChI is InChI=1S/C11H15F2NO4S/c1-7(2)19(15,16)14-8-4-5-9(17-3)10(6-8)18-11(12)13/h4-7,11,14H,1-3H3. The van der Waals surface area contributed by atoms with Gasteiger partial charge < -0.3 is 9.47 Å². The Morgan fingerprint density at radius 1 is 1.21 bits per heavy atom. The van der Waals surface area contributed by atoms with Gasteiger partial charge in [0.1, 0.15) is 0 Å². The first-order valence-electron chi connectivity index (χ1n) is 5.40. The van der Waals surface area contributed by atoms with Crippen molar-refractivity contribution in [2.75, 3.05) is 11.8 Å². The van der Waals surface area contributed by atoms with Gasteiger partial charge in [-0.3, -0.25) is 4.72 Å². The lowest BCUT2D eigenvalue weighted by Crippen LogP contribution is -2.22. The molecule has 0 aliphatic carbocycles. The van der Waals surface area contributed by atoms with Gasteiger partial charge in [-0.2, -0.15) is 8.78 Å². The minimum Gasteiger partial charge on any atom is -0.493 e. The summed E-state index contributed by atoms with van der Waals surface area (Å²) in [5.74, 6) is -0.144. The van der Waals surface area contributed by atoms with Crippen LogP contribution in [-0.2, 0) is 10.0 Å². The molecule has 0 saturated carbocycles. The highest BCUT2D eigenvalue weighted by molar-refractivity contribution is 7.93. The molecule has 108 valence electrons. The van der Waals surface area contributed by atoms with Crippen LogP contribution in [0.3, 0.4) is 0 Å². The van der Waals surface area contributed by atoms with Gasteiger partial charge >= 0.3 is 6.61 Å². The summed E-state index contributed by atoms with van der Waals surface area (Å²) in [4.78, 5) is 0. The third-order valence-electron chi connectivity index (χ3n) is 2.26. The van der Waals surface area contributed by atoms with E-state index in [0.29, 0.717) is 0 Å². The molecular weight excluding hydrogens is 280 g/mol. The molecular formula is C11H15F2NO4S. The number of benzene rings is 1. The fourth-order valence-corrected chi connectivity index (χ4v) is 1.90. The first-order chi connectivity index (χ1) is 8.76. The number of nitrogens with one attached hydrogen (secondary N) is 1. The van der Waals surface area contributed by atoms with Crippen LogP contribution >= 0.6 is 0 Å². The molecule has 0 aliphatic rings. The molecule has 0 atom stereocenters. The lowest BCUT2D eigenvalue weighted by Gasteiger charge is -2.14. The molecule has 1 N–H and O–H groups in total. The maximum Gasteiger partial charge on any atom is 0.387 e. The van der Waals surface area contributed by atoms with E-state index >= 15 is 0 Å². The quantitative estimate of drug-likeness (QED) is 0.875.